The van der Waals surface area contributed by atoms with Crippen LogP contribution in [0.15, 0.2) is 64.8 Å². The quantitative estimate of drug-likeness (QED) is 0.289. The Morgan fingerprint density at radius 3 is 2.20 bits per heavy atom. The number of carbonyl (C=O) groups excluding carboxylic acids is 2. The summed E-state index contributed by atoms with van der Waals surface area (Å²) in [5, 5.41) is 11.4. The van der Waals surface area contributed by atoms with Crippen molar-refractivity contribution < 1.29 is 33.3 Å². The molecule has 1 aromatic heterocycles. The van der Waals surface area contributed by atoms with E-state index in [4.69, 9.17) is 18.6 Å². The van der Waals surface area contributed by atoms with Gasteiger partial charge in [-0.05, 0) is 41.8 Å². The van der Waals surface area contributed by atoms with E-state index >= 15 is 0 Å². The van der Waals surface area contributed by atoms with Crippen molar-refractivity contribution in [2.75, 3.05) is 26.2 Å². The minimum absolute atomic E-state index is 0.0772. The molecule has 8 heteroatoms. The third-order valence-corrected chi connectivity index (χ3v) is 6.00. The molecule has 1 saturated heterocycles. The number of anilines is 1. The summed E-state index contributed by atoms with van der Waals surface area (Å²) < 4.78 is 21.8. The smallest absolute Gasteiger partial charge is 0.300 e. The van der Waals surface area contributed by atoms with Gasteiger partial charge in [0, 0.05) is 23.8 Å². The molecule has 182 valence electrons. The van der Waals surface area contributed by atoms with Crippen molar-refractivity contribution in [2.24, 2.45) is 0 Å². The molecule has 1 atom stereocenters. The van der Waals surface area contributed by atoms with Gasteiger partial charge in [-0.2, -0.15) is 0 Å². The van der Waals surface area contributed by atoms with E-state index in [1.807, 2.05) is 13.8 Å². The van der Waals surface area contributed by atoms with Gasteiger partial charge in [-0.1, -0.05) is 13.8 Å². The van der Waals surface area contributed by atoms with Crippen LogP contribution < -0.4 is 19.1 Å². The van der Waals surface area contributed by atoms with Crippen molar-refractivity contribution in [3.05, 3.63) is 77.3 Å². The lowest BCUT2D eigenvalue weighted by molar-refractivity contribution is -0.132. The van der Waals surface area contributed by atoms with Crippen LogP contribution >= 0.6 is 0 Å². The van der Waals surface area contributed by atoms with Crippen LogP contribution in [0.25, 0.3) is 5.76 Å². The Morgan fingerprint density at radius 1 is 0.971 bits per heavy atom. The molecule has 0 bridgehead atoms. The first-order chi connectivity index (χ1) is 16.8. The number of aliphatic hydroxyl groups is 1. The zero-order valence-electron chi connectivity index (χ0n) is 20.2. The fourth-order valence-electron chi connectivity index (χ4n) is 4.23. The fourth-order valence-corrected chi connectivity index (χ4v) is 4.23. The van der Waals surface area contributed by atoms with E-state index in [2.05, 4.69) is 0 Å². The lowest BCUT2D eigenvalue weighted by Gasteiger charge is -2.24. The van der Waals surface area contributed by atoms with Gasteiger partial charge >= 0.3 is 0 Å². The van der Waals surface area contributed by atoms with Gasteiger partial charge in [0.25, 0.3) is 11.7 Å². The third kappa shape index (κ3) is 4.23. The number of hydrogen-bond acceptors (Lipinski definition) is 7. The summed E-state index contributed by atoms with van der Waals surface area (Å²) in [4.78, 5) is 27.9. The number of amides is 1. The van der Waals surface area contributed by atoms with Crippen LogP contribution in [0.2, 0.25) is 0 Å². The normalized spacial score (nSPS) is 17.2. The molecular formula is C27H27NO7. The maximum absolute atomic E-state index is 13.3. The Bertz CT molecular complexity index is 1270. The molecule has 1 aliphatic rings. The Labute approximate surface area is 203 Å². The summed E-state index contributed by atoms with van der Waals surface area (Å²) in [5.74, 6) is 0.0471. The number of ether oxygens (including phenoxy) is 3. The Kier molecular flexibility index (Phi) is 6.55. The van der Waals surface area contributed by atoms with Crippen molar-refractivity contribution in [3.63, 3.8) is 0 Å². The number of hydrogen-bond donors (Lipinski definition) is 1. The Morgan fingerprint density at radius 2 is 1.66 bits per heavy atom. The Hall–Kier alpha value is -4.20. The van der Waals surface area contributed by atoms with Crippen LogP contribution in [0.5, 0.6) is 17.2 Å². The van der Waals surface area contributed by atoms with E-state index in [1.54, 1.807) is 55.6 Å². The number of rotatable bonds is 7. The van der Waals surface area contributed by atoms with Gasteiger partial charge in [0.15, 0.2) is 0 Å². The molecule has 2 aromatic carbocycles. The second kappa shape index (κ2) is 9.58. The number of carbonyl (C=O) groups is 2. The summed E-state index contributed by atoms with van der Waals surface area (Å²) in [5.41, 5.74) is 1.54. The van der Waals surface area contributed by atoms with E-state index in [0.717, 1.165) is 5.56 Å². The molecule has 1 unspecified atom stereocenters. The van der Waals surface area contributed by atoms with Crippen LogP contribution in [0.1, 0.15) is 42.7 Å². The molecule has 0 spiro atoms. The largest absolute Gasteiger partial charge is 0.507 e. The van der Waals surface area contributed by atoms with E-state index < -0.39 is 17.7 Å². The number of methoxy groups -OCH3 is 3. The minimum Gasteiger partial charge on any atom is -0.507 e. The van der Waals surface area contributed by atoms with Crippen LogP contribution in [0, 0.1) is 0 Å². The SMILES string of the molecule is COc1cc(OC)cc(N2C(=O)C(=O)/C(=C(\O)c3ccc(OC)c(C(C)C)c3)C2c2ccco2)c1. The number of Topliss-reactive ketones (excluding diaryl/α,β-unsaturated/α-hetero) is 1. The summed E-state index contributed by atoms with van der Waals surface area (Å²) in [6, 6.07) is 12.4. The van der Waals surface area contributed by atoms with E-state index in [9.17, 15) is 14.7 Å². The lowest BCUT2D eigenvalue weighted by atomic mass is 9.95. The molecule has 2 heterocycles. The predicted molar refractivity (Wildman–Crippen MR) is 130 cm³/mol. The van der Waals surface area contributed by atoms with Gasteiger partial charge < -0.3 is 23.7 Å². The van der Waals surface area contributed by atoms with E-state index in [1.165, 1.54) is 25.4 Å². The number of furan rings is 1. The number of aliphatic hydroxyl groups excluding tert-OH is 1. The van der Waals surface area contributed by atoms with E-state index in [0.29, 0.717) is 34.3 Å². The topological polar surface area (TPSA) is 98.4 Å². The molecule has 1 aliphatic heterocycles. The molecule has 8 nitrogen and oxygen atoms in total. The predicted octanol–water partition coefficient (Wildman–Crippen LogP) is 5.06. The molecule has 0 radical (unpaired) electrons. The molecule has 35 heavy (non-hydrogen) atoms. The first-order valence-electron chi connectivity index (χ1n) is 11.1. The lowest BCUT2D eigenvalue weighted by Crippen LogP contribution is -2.29. The average Bonchev–Trinajstić information content (AvgIpc) is 3.49. The van der Waals surface area contributed by atoms with Crippen LogP contribution in [0.3, 0.4) is 0 Å². The fraction of sp³-hybridized carbons (Fsp3) is 0.259. The highest BCUT2D eigenvalue weighted by molar-refractivity contribution is 6.51. The monoisotopic (exact) mass is 477 g/mol. The van der Waals surface area contributed by atoms with Gasteiger partial charge in [0.05, 0.1) is 38.9 Å². The van der Waals surface area contributed by atoms with Crippen molar-refractivity contribution in [1.82, 2.24) is 0 Å². The van der Waals surface area contributed by atoms with Gasteiger partial charge in [-0.15, -0.1) is 0 Å². The standard InChI is InChI=1S/C27H27NO7/c1-15(2)20-11-16(8-9-21(20)34-5)25(29)23-24(22-7-6-10-35-22)28(27(31)26(23)30)17-12-18(32-3)14-19(13-17)33-4/h6-15,24,29H,1-5H3/b25-23-. The average molecular weight is 478 g/mol. The number of ketones is 1. The minimum atomic E-state index is -0.994. The summed E-state index contributed by atoms with van der Waals surface area (Å²) in [6.07, 6.45) is 1.45. The zero-order valence-corrected chi connectivity index (χ0v) is 20.2. The highest BCUT2D eigenvalue weighted by atomic mass is 16.5. The van der Waals surface area contributed by atoms with Gasteiger partial charge in [0.1, 0.15) is 34.8 Å². The second-order valence-electron chi connectivity index (χ2n) is 8.37. The second-order valence-corrected chi connectivity index (χ2v) is 8.37. The van der Waals surface area contributed by atoms with Crippen LogP contribution in [-0.2, 0) is 9.59 Å². The van der Waals surface area contributed by atoms with Gasteiger partial charge in [-0.25, -0.2) is 0 Å². The summed E-state index contributed by atoms with van der Waals surface area (Å²) >= 11 is 0. The first kappa shape index (κ1) is 23.9. The van der Waals surface area contributed by atoms with Gasteiger partial charge in [-0.3, -0.25) is 14.5 Å². The molecule has 1 N–H and O–H groups in total. The number of benzene rings is 2. The molecule has 1 amide bonds. The first-order valence-corrected chi connectivity index (χ1v) is 11.1. The summed E-state index contributed by atoms with van der Waals surface area (Å²) in [6.45, 7) is 4.00. The van der Waals surface area contributed by atoms with Crippen LogP contribution in [-0.4, -0.2) is 38.1 Å². The molecule has 0 saturated carbocycles. The molecule has 4 rings (SSSR count). The summed E-state index contributed by atoms with van der Waals surface area (Å²) in [7, 11) is 4.56. The zero-order chi connectivity index (χ0) is 25.3. The maximum Gasteiger partial charge on any atom is 0.300 e. The van der Waals surface area contributed by atoms with Crippen molar-refractivity contribution in [1.29, 1.82) is 0 Å². The molecular weight excluding hydrogens is 450 g/mol. The third-order valence-electron chi connectivity index (χ3n) is 6.00. The van der Waals surface area contributed by atoms with Crippen molar-refractivity contribution in [3.8, 4) is 17.2 Å². The van der Waals surface area contributed by atoms with Crippen LogP contribution in [0.4, 0.5) is 5.69 Å². The van der Waals surface area contributed by atoms with Gasteiger partial charge in [0.2, 0.25) is 0 Å². The Balaban J connectivity index is 1.93. The molecule has 1 fully saturated rings. The molecule has 3 aromatic rings. The van der Waals surface area contributed by atoms with Crippen molar-refractivity contribution >= 4 is 23.1 Å². The van der Waals surface area contributed by atoms with Crippen molar-refractivity contribution in [2.45, 2.75) is 25.8 Å². The highest BCUT2D eigenvalue weighted by Gasteiger charge is 2.48. The van der Waals surface area contributed by atoms with E-state index in [-0.39, 0.29) is 17.3 Å². The molecule has 0 aliphatic carbocycles. The highest BCUT2D eigenvalue weighted by Crippen LogP contribution is 2.44. The number of nitrogens with zero attached hydrogens (tertiary/aromatic N) is 1. The maximum atomic E-state index is 13.3.